The minimum Gasteiger partial charge on any atom is -0.482 e. The van der Waals surface area contributed by atoms with Crippen LogP contribution in [-0.4, -0.2) is 50.9 Å². The molecule has 1 aliphatic rings. The zero-order chi connectivity index (χ0) is 18.9. The highest BCUT2D eigenvalue weighted by atomic mass is 19.4. The molecule has 3 heterocycles. The molecule has 1 fully saturated rings. The van der Waals surface area contributed by atoms with Crippen LogP contribution in [0.3, 0.4) is 0 Å². The zero-order valence-electron chi connectivity index (χ0n) is 13.4. The van der Waals surface area contributed by atoms with Crippen LogP contribution in [0.15, 0.2) is 29.0 Å². The number of pyridine rings is 1. The largest absolute Gasteiger partial charge is 0.574 e. The first kappa shape index (κ1) is 18.0. The summed E-state index contributed by atoms with van der Waals surface area (Å²) in [7, 11) is 0. The summed E-state index contributed by atoms with van der Waals surface area (Å²) in [5.74, 6) is -0.699. The van der Waals surface area contributed by atoms with Crippen molar-refractivity contribution in [2.24, 2.45) is 0 Å². The molecule has 1 saturated heterocycles. The second kappa shape index (κ2) is 6.83. The van der Waals surface area contributed by atoms with Gasteiger partial charge >= 0.3 is 6.36 Å². The summed E-state index contributed by atoms with van der Waals surface area (Å²) in [5, 5.41) is 9.45. The molecule has 0 aromatic carbocycles. The predicted octanol–water partition coefficient (Wildman–Crippen LogP) is 1.75. The molecule has 140 valence electrons. The number of ether oxygens (including phenoxy) is 2. The molecule has 0 aliphatic carbocycles. The molecular weight excluding hydrogens is 359 g/mol. The zero-order valence-corrected chi connectivity index (χ0v) is 13.4. The van der Waals surface area contributed by atoms with Crippen LogP contribution in [0.1, 0.15) is 23.3 Å². The number of oxazole rings is 1. The van der Waals surface area contributed by atoms with Gasteiger partial charge in [-0.2, -0.15) is 0 Å². The summed E-state index contributed by atoms with van der Waals surface area (Å²) < 4.78 is 50.2. The third-order valence-corrected chi connectivity index (χ3v) is 3.76. The molecule has 0 radical (unpaired) electrons. The number of β-amino-alcohol motifs (C(OH)–C–C–N with tert-alkyl or cyclic N) is 1. The molecule has 8 nitrogen and oxygen atoms in total. The molecule has 0 spiro atoms. The SMILES string of the molecule is C[C@@H]1[C@H](O)CN1C(=O)c1coc(COc2ccc(OC(F)(F)F)nc2)n1. The number of aromatic nitrogens is 2. The maximum Gasteiger partial charge on any atom is 0.574 e. The lowest BCUT2D eigenvalue weighted by Gasteiger charge is -2.42. The number of aliphatic hydroxyl groups is 1. The van der Waals surface area contributed by atoms with E-state index in [2.05, 4.69) is 14.7 Å². The van der Waals surface area contributed by atoms with Gasteiger partial charge in [0.05, 0.1) is 18.3 Å². The molecule has 1 N–H and O–H groups in total. The van der Waals surface area contributed by atoms with Crippen LogP contribution in [0.25, 0.3) is 0 Å². The lowest BCUT2D eigenvalue weighted by Crippen LogP contribution is -2.60. The maximum absolute atomic E-state index is 12.2. The standard InChI is InChI=1S/C15H14F3N3O5/c1-8-11(22)5-21(8)14(23)10-6-25-13(20-10)7-24-9-2-3-12(19-4-9)26-15(16,17)18/h2-4,6,8,11,22H,5,7H2,1H3/t8-,11-/m1/s1. The van der Waals surface area contributed by atoms with Crippen molar-refractivity contribution in [2.75, 3.05) is 6.54 Å². The fourth-order valence-electron chi connectivity index (χ4n) is 2.26. The second-order valence-corrected chi connectivity index (χ2v) is 5.56. The Kier molecular flexibility index (Phi) is 4.72. The van der Waals surface area contributed by atoms with Crippen LogP contribution in [0.2, 0.25) is 0 Å². The van der Waals surface area contributed by atoms with Crippen LogP contribution >= 0.6 is 0 Å². The van der Waals surface area contributed by atoms with E-state index >= 15 is 0 Å². The van der Waals surface area contributed by atoms with Gasteiger partial charge < -0.3 is 23.9 Å². The first-order valence-corrected chi connectivity index (χ1v) is 7.51. The average Bonchev–Trinajstić information content (AvgIpc) is 3.06. The Morgan fingerprint density at radius 1 is 1.46 bits per heavy atom. The summed E-state index contributed by atoms with van der Waals surface area (Å²) >= 11 is 0. The van der Waals surface area contributed by atoms with Crippen molar-refractivity contribution in [1.29, 1.82) is 0 Å². The minimum atomic E-state index is -4.82. The van der Waals surface area contributed by atoms with Gasteiger partial charge in [0, 0.05) is 12.6 Å². The fraction of sp³-hybridized carbons (Fsp3) is 0.400. The number of halogens is 3. The van der Waals surface area contributed by atoms with E-state index < -0.39 is 18.3 Å². The van der Waals surface area contributed by atoms with E-state index in [0.717, 1.165) is 12.3 Å². The lowest BCUT2D eigenvalue weighted by atomic mass is 10.0. The van der Waals surface area contributed by atoms with Crippen molar-refractivity contribution in [2.45, 2.75) is 32.0 Å². The first-order chi connectivity index (χ1) is 12.2. The number of nitrogens with zero attached hydrogens (tertiary/aromatic N) is 3. The van der Waals surface area contributed by atoms with E-state index in [0.29, 0.717) is 0 Å². The van der Waals surface area contributed by atoms with Crippen molar-refractivity contribution in [3.8, 4) is 11.6 Å². The summed E-state index contributed by atoms with van der Waals surface area (Å²) in [5.41, 5.74) is 0.0781. The number of rotatable bonds is 5. The van der Waals surface area contributed by atoms with E-state index in [-0.39, 0.29) is 42.4 Å². The molecule has 0 unspecified atom stereocenters. The van der Waals surface area contributed by atoms with Crippen LogP contribution in [0.4, 0.5) is 13.2 Å². The van der Waals surface area contributed by atoms with E-state index in [4.69, 9.17) is 9.15 Å². The second-order valence-electron chi connectivity index (χ2n) is 5.56. The summed E-state index contributed by atoms with van der Waals surface area (Å²) in [6, 6.07) is 1.96. The normalized spacial score (nSPS) is 19.8. The van der Waals surface area contributed by atoms with Gasteiger partial charge in [-0.25, -0.2) is 9.97 Å². The van der Waals surface area contributed by atoms with Gasteiger partial charge in [0.1, 0.15) is 12.0 Å². The molecule has 2 aromatic heterocycles. The molecule has 2 atom stereocenters. The number of hydrogen-bond acceptors (Lipinski definition) is 7. The topological polar surface area (TPSA) is 97.9 Å². The molecule has 0 saturated carbocycles. The molecule has 0 bridgehead atoms. The van der Waals surface area contributed by atoms with Crippen molar-refractivity contribution >= 4 is 5.91 Å². The lowest BCUT2D eigenvalue weighted by molar-refractivity contribution is -0.276. The van der Waals surface area contributed by atoms with Crippen LogP contribution in [0, 0.1) is 0 Å². The van der Waals surface area contributed by atoms with E-state index in [1.165, 1.54) is 17.2 Å². The Bertz CT molecular complexity index is 778. The van der Waals surface area contributed by atoms with Crippen LogP contribution < -0.4 is 9.47 Å². The number of alkyl halides is 3. The van der Waals surface area contributed by atoms with Gasteiger partial charge in [0.2, 0.25) is 11.8 Å². The third-order valence-electron chi connectivity index (χ3n) is 3.76. The number of aliphatic hydroxyl groups excluding tert-OH is 1. The quantitative estimate of drug-likeness (QED) is 0.853. The minimum absolute atomic E-state index is 0.0781. The van der Waals surface area contributed by atoms with E-state index in [1.54, 1.807) is 6.92 Å². The smallest absolute Gasteiger partial charge is 0.482 e. The number of carbonyl (C=O) groups is 1. The van der Waals surface area contributed by atoms with Gasteiger partial charge in [-0.05, 0) is 13.0 Å². The fourth-order valence-corrected chi connectivity index (χ4v) is 2.26. The van der Waals surface area contributed by atoms with Crippen LogP contribution in [-0.2, 0) is 6.61 Å². The van der Waals surface area contributed by atoms with Crippen LogP contribution in [0.5, 0.6) is 11.6 Å². The summed E-state index contributed by atoms with van der Waals surface area (Å²) in [6.45, 7) is 1.80. The van der Waals surface area contributed by atoms with Gasteiger partial charge in [0.25, 0.3) is 5.91 Å². The molecule has 2 aromatic rings. The summed E-state index contributed by atoms with van der Waals surface area (Å²) in [6.07, 6.45) is -3.14. The Morgan fingerprint density at radius 3 is 2.81 bits per heavy atom. The highest BCUT2D eigenvalue weighted by Gasteiger charge is 2.38. The Morgan fingerprint density at radius 2 is 2.23 bits per heavy atom. The Balaban J connectivity index is 1.54. The monoisotopic (exact) mass is 373 g/mol. The number of carbonyl (C=O) groups excluding carboxylic acids is 1. The highest BCUT2D eigenvalue weighted by molar-refractivity contribution is 5.92. The molecular formula is C15H14F3N3O5. The summed E-state index contributed by atoms with van der Waals surface area (Å²) in [4.78, 5) is 21.1. The molecule has 3 rings (SSSR count). The van der Waals surface area contributed by atoms with Crippen molar-refractivity contribution in [3.63, 3.8) is 0 Å². The molecule has 26 heavy (non-hydrogen) atoms. The predicted molar refractivity (Wildman–Crippen MR) is 78.3 cm³/mol. The Labute approximate surface area is 145 Å². The number of amides is 1. The van der Waals surface area contributed by atoms with Gasteiger partial charge in [0.15, 0.2) is 12.3 Å². The maximum atomic E-state index is 12.2. The van der Waals surface area contributed by atoms with E-state index in [1.807, 2.05) is 0 Å². The van der Waals surface area contributed by atoms with Crippen molar-refractivity contribution in [1.82, 2.24) is 14.9 Å². The first-order valence-electron chi connectivity index (χ1n) is 7.51. The molecule has 11 heteroatoms. The molecule has 1 amide bonds. The molecule has 1 aliphatic heterocycles. The number of hydrogen-bond donors (Lipinski definition) is 1. The van der Waals surface area contributed by atoms with Gasteiger partial charge in [-0.15, -0.1) is 13.2 Å². The van der Waals surface area contributed by atoms with Crippen molar-refractivity contribution in [3.05, 3.63) is 36.2 Å². The average molecular weight is 373 g/mol. The highest BCUT2D eigenvalue weighted by Crippen LogP contribution is 2.23. The van der Waals surface area contributed by atoms with E-state index in [9.17, 15) is 23.1 Å². The Hall–Kier alpha value is -2.82. The number of likely N-dealkylation sites (tertiary alicyclic amines) is 1. The van der Waals surface area contributed by atoms with Gasteiger partial charge in [-0.1, -0.05) is 0 Å². The third kappa shape index (κ3) is 4.04. The van der Waals surface area contributed by atoms with Crippen molar-refractivity contribution < 1.29 is 37.0 Å². The van der Waals surface area contributed by atoms with Gasteiger partial charge in [-0.3, -0.25) is 4.79 Å².